The molecule has 0 amide bonds. The number of hydrogen-bond donors (Lipinski definition) is 1. The highest BCUT2D eigenvalue weighted by molar-refractivity contribution is 5.88. The summed E-state index contributed by atoms with van der Waals surface area (Å²) >= 11 is 0. The smallest absolute Gasteiger partial charge is 0.384 e. The van der Waals surface area contributed by atoms with Gasteiger partial charge in [-0.1, -0.05) is 12.3 Å². The Morgan fingerprint density at radius 2 is 2.29 bits per heavy atom. The third-order valence-corrected chi connectivity index (χ3v) is 2.58. The molecule has 1 aliphatic heterocycles. The van der Waals surface area contributed by atoms with Crippen LogP contribution in [-0.2, 0) is 19.0 Å². The highest BCUT2D eigenvalue weighted by atomic mass is 16.7. The van der Waals surface area contributed by atoms with Crippen LogP contribution < -0.4 is 5.32 Å². The molecule has 0 aromatic rings. The summed E-state index contributed by atoms with van der Waals surface area (Å²) in [6, 6.07) is 0.149. The van der Waals surface area contributed by atoms with Crippen molar-refractivity contribution in [2.45, 2.75) is 31.4 Å². The Bertz CT molecular complexity index is 289. The van der Waals surface area contributed by atoms with Crippen molar-refractivity contribution in [3.8, 4) is 11.8 Å². The van der Waals surface area contributed by atoms with E-state index in [0.29, 0.717) is 0 Å². The van der Waals surface area contributed by atoms with Crippen LogP contribution in [0.25, 0.3) is 0 Å². The lowest BCUT2D eigenvalue weighted by Crippen LogP contribution is -2.44. The molecular formula is C12H19NO4. The summed E-state index contributed by atoms with van der Waals surface area (Å²) in [5.74, 6) is 4.64. The first-order valence-electron chi connectivity index (χ1n) is 5.71. The van der Waals surface area contributed by atoms with Gasteiger partial charge in [-0.05, 0) is 19.4 Å². The number of methoxy groups -OCH3 is 2. The van der Waals surface area contributed by atoms with Crippen molar-refractivity contribution in [2.24, 2.45) is 0 Å². The zero-order valence-corrected chi connectivity index (χ0v) is 10.3. The molecule has 1 heterocycles. The number of carbonyl (C=O) groups is 1. The molecule has 2 atom stereocenters. The predicted octanol–water partition coefficient (Wildman–Crippen LogP) is 0.294. The van der Waals surface area contributed by atoms with Crippen molar-refractivity contribution >= 4 is 5.97 Å². The molecule has 96 valence electrons. The minimum Gasteiger partial charge on any atom is -0.459 e. The number of carbonyl (C=O) groups excluding carboxylic acids is 1. The van der Waals surface area contributed by atoms with Crippen LogP contribution in [0.1, 0.15) is 19.3 Å². The molecule has 0 aromatic heterocycles. The molecule has 0 radical (unpaired) electrons. The van der Waals surface area contributed by atoms with Gasteiger partial charge in [-0.25, -0.2) is 4.79 Å². The topological polar surface area (TPSA) is 56.8 Å². The zero-order valence-electron chi connectivity index (χ0n) is 10.3. The van der Waals surface area contributed by atoms with Gasteiger partial charge in [0.05, 0.1) is 7.11 Å². The lowest BCUT2D eigenvalue weighted by Gasteiger charge is -2.27. The van der Waals surface area contributed by atoms with E-state index in [1.807, 2.05) is 0 Å². The predicted molar refractivity (Wildman–Crippen MR) is 62.2 cm³/mol. The molecular weight excluding hydrogens is 222 g/mol. The molecule has 5 nitrogen and oxygen atoms in total. The molecule has 1 rings (SSSR count). The number of ether oxygens (including phenoxy) is 3. The number of piperidine rings is 1. The molecule has 0 aliphatic carbocycles. The van der Waals surface area contributed by atoms with Gasteiger partial charge < -0.3 is 19.5 Å². The van der Waals surface area contributed by atoms with Gasteiger partial charge in [-0.3, -0.25) is 0 Å². The summed E-state index contributed by atoms with van der Waals surface area (Å²) in [5, 5.41) is 3.33. The Morgan fingerprint density at radius 1 is 1.47 bits per heavy atom. The molecule has 5 heteroatoms. The minimum atomic E-state index is -0.549. The maximum absolute atomic E-state index is 11.0. The van der Waals surface area contributed by atoms with Crippen LogP contribution in [-0.4, -0.2) is 45.7 Å². The minimum absolute atomic E-state index is 0.149. The average molecular weight is 241 g/mol. The van der Waals surface area contributed by atoms with Crippen molar-refractivity contribution in [3.05, 3.63) is 0 Å². The van der Waals surface area contributed by atoms with Crippen LogP contribution in [0.4, 0.5) is 0 Å². The molecule has 0 unspecified atom stereocenters. The van der Waals surface area contributed by atoms with Gasteiger partial charge in [0.1, 0.15) is 12.9 Å². The van der Waals surface area contributed by atoms with E-state index >= 15 is 0 Å². The second-order valence-electron chi connectivity index (χ2n) is 3.81. The summed E-state index contributed by atoms with van der Waals surface area (Å²) in [5.41, 5.74) is 0. The van der Waals surface area contributed by atoms with E-state index in [9.17, 15) is 4.79 Å². The van der Waals surface area contributed by atoms with Gasteiger partial charge in [-0.2, -0.15) is 0 Å². The third kappa shape index (κ3) is 5.18. The van der Waals surface area contributed by atoms with Crippen LogP contribution in [0, 0.1) is 11.8 Å². The summed E-state index contributed by atoms with van der Waals surface area (Å²) < 4.78 is 14.8. The maximum atomic E-state index is 11.0. The standard InChI is InChI=1S/C12H19NO4/c1-15-9-17-11(6-7-12(14)16-2)10-5-3-4-8-13-10/h10-11,13H,3-5,8-9H2,1-2H3/t10-,11+/m1/s1. The molecule has 1 saturated heterocycles. The number of nitrogens with one attached hydrogen (secondary N) is 1. The van der Waals surface area contributed by atoms with E-state index in [0.717, 1.165) is 25.8 Å². The summed E-state index contributed by atoms with van der Waals surface area (Å²) in [6.07, 6.45) is 2.96. The van der Waals surface area contributed by atoms with Crippen molar-refractivity contribution in [1.82, 2.24) is 5.32 Å². The van der Waals surface area contributed by atoms with Gasteiger partial charge in [0, 0.05) is 19.1 Å². The maximum Gasteiger partial charge on any atom is 0.384 e. The summed E-state index contributed by atoms with van der Waals surface area (Å²) in [6.45, 7) is 1.12. The van der Waals surface area contributed by atoms with E-state index < -0.39 is 5.97 Å². The van der Waals surface area contributed by atoms with E-state index in [1.165, 1.54) is 7.11 Å². The van der Waals surface area contributed by atoms with Crippen LogP contribution in [0.5, 0.6) is 0 Å². The molecule has 0 spiro atoms. The summed E-state index contributed by atoms with van der Waals surface area (Å²) in [4.78, 5) is 11.0. The Hall–Kier alpha value is -1.09. The molecule has 0 aromatic carbocycles. The molecule has 0 bridgehead atoms. The largest absolute Gasteiger partial charge is 0.459 e. The van der Waals surface area contributed by atoms with Crippen molar-refractivity contribution < 1.29 is 19.0 Å². The SMILES string of the molecule is COCO[C@@H](C#CC(=O)OC)[C@H]1CCCCN1. The first-order chi connectivity index (χ1) is 8.27. The highest BCUT2D eigenvalue weighted by Crippen LogP contribution is 2.12. The Kier molecular flexibility index (Phi) is 6.63. The monoisotopic (exact) mass is 241 g/mol. The van der Waals surface area contributed by atoms with Gasteiger partial charge in [0.15, 0.2) is 0 Å². The number of rotatable bonds is 4. The fourth-order valence-corrected chi connectivity index (χ4v) is 1.72. The Balaban J connectivity index is 2.57. The highest BCUT2D eigenvalue weighted by Gasteiger charge is 2.22. The van der Waals surface area contributed by atoms with Gasteiger partial charge >= 0.3 is 5.97 Å². The van der Waals surface area contributed by atoms with Crippen molar-refractivity contribution in [1.29, 1.82) is 0 Å². The van der Waals surface area contributed by atoms with Crippen molar-refractivity contribution in [2.75, 3.05) is 27.6 Å². The second-order valence-corrected chi connectivity index (χ2v) is 3.81. The lowest BCUT2D eigenvalue weighted by molar-refractivity contribution is -0.133. The first kappa shape index (κ1) is 14.0. The first-order valence-corrected chi connectivity index (χ1v) is 5.71. The quantitative estimate of drug-likeness (QED) is 0.332. The molecule has 17 heavy (non-hydrogen) atoms. The second kappa shape index (κ2) is 8.07. The molecule has 1 N–H and O–H groups in total. The van der Waals surface area contributed by atoms with Gasteiger partial charge in [0.2, 0.25) is 0 Å². The van der Waals surface area contributed by atoms with Crippen LogP contribution >= 0.6 is 0 Å². The van der Waals surface area contributed by atoms with E-state index in [4.69, 9.17) is 9.47 Å². The number of esters is 1. The van der Waals surface area contributed by atoms with Crippen LogP contribution in [0.3, 0.4) is 0 Å². The Labute approximate surface area is 102 Å². The molecule has 0 saturated carbocycles. The molecule has 1 aliphatic rings. The lowest BCUT2D eigenvalue weighted by atomic mass is 10.00. The average Bonchev–Trinajstić information content (AvgIpc) is 2.39. The normalized spacial score (nSPS) is 21.2. The van der Waals surface area contributed by atoms with Gasteiger partial charge in [0.25, 0.3) is 0 Å². The summed E-state index contributed by atoms with van der Waals surface area (Å²) in [7, 11) is 2.86. The van der Waals surface area contributed by atoms with Crippen molar-refractivity contribution in [3.63, 3.8) is 0 Å². The van der Waals surface area contributed by atoms with Crippen LogP contribution in [0.2, 0.25) is 0 Å². The van der Waals surface area contributed by atoms with Gasteiger partial charge in [-0.15, -0.1) is 0 Å². The third-order valence-electron chi connectivity index (χ3n) is 2.58. The zero-order chi connectivity index (χ0) is 12.5. The fraction of sp³-hybridized carbons (Fsp3) is 0.750. The number of hydrogen-bond acceptors (Lipinski definition) is 5. The fourth-order valence-electron chi connectivity index (χ4n) is 1.72. The van der Waals surface area contributed by atoms with E-state index in [1.54, 1.807) is 7.11 Å². The van der Waals surface area contributed by atoms with E-state index in [-0.39, 0.29) is 18.9 Å². The van der Waals surface area contributed by atoms with E-state index in [2.05, 4.69) is 21.9 Å². The van der Waals surface area contributed by atoms with Crippen LogP contribution in [0.15, 0.2) is 0 Å². The Morgan fingerprint density at radius 3 is 2.88 bits per heavy atom. The molecule has 1 fully saturated rings.